The Morgan fingerprint density at radius 1 is 1.09 bits per heavy atom. The van der Waals surface area contributed by atoms with E-state index in [9.17, 15) is 23.2 Å². The number of aromatic nitrogens is 1. The van der Waals surface area contributed by atoms with Crippen LogP contribution in [0.4, 0.5) is 13.9 Å². The molecule has 170 valence electrons. The Bertz CT molecular complexity index is 1230. The van der Waals surface area contributed by atoms with Crippen molar-refractivity contribution in [2.45, 2.75) is 19.3 Å². The van der Waals surface area contributed by atoms with Crippen molar-refractivity contribution >= 4 is 45.7 Å². The van der Waals surface area contributed by atoms with Gasteiger partial charge in [0.15, 0.2) is 10.9 Å². The van der Waals surface area contributed by atoms with Crippen molar-refractivity contribution in [2.24, 2.45) is 5.92 Å². The maximum Gasteiger partial charge on any atom is 0.261 e. The highest BCUT2D eigenvalue weighted by Crippen LogP contribution is 2.33. The van der Waals surface area contributed by atoms with Gasteiger partial charge in [0.2, 0.25) is 5.91 Å². The number of fused-ring (bicyclic) bond motifs is 1. The zero-order chi connectivity index (χ0) is 23.5. The van der Waals surface area contributed by atoms with Gasteiger partial charge in [-0.2, -0.15) is 0 Å². The number of thiazole rings is 1. The number of rotatable bonds is 6. The fourth-order valence-corrected chi connectivity index (χ4v) is 4.79. The monoisotopic (exact) mass is 489 g/mol. The Morgan fingerprint density at radius 3 is 2.61 bits per heavy atom. The van der Waals surface area contributed by atoms with E-state index in [1.165, 1.54) is 18.2 Å². The summed E-state index contributed by atoms with van der Waals surface area (Å²) in [5, 5.41) is 5.30. The predicted octanol–water partition coefficient (Wildman–Crippen LogP) is 4.43. The second-order valence-electron chi connectivity index (χ2n) is 7.51. The number of benzene rings is 2. The van der Waals surface area contributed by atoms with Crippen molar-refractivity contribution in [1.29, 1.82) is 0 Å². The molecule has 1 heterocycles. The van der Waals surface area contributed by atoms with Crippen molar-refractivity contribution < 1.29 is 23.2 Å². The number of halogens is 3. The van der Waals surface area contributed by atoms with Crippen LogP contribution in [-0.4, -0.2) is 29.1 Å². The van der Waals surface area contributed by atoms with Crippen LogP contribution in [0.1, 0.15) is 37.7 Å². The van der Waals surface area contributed by atoms with E-state index in [4.69, 9.17) is 11.6 Å². The van der Waals surface area contributed by atoms with Crippen LogP contribution in [0.3, 0.4) is 0 Å². The molecule has 2 N–H and O–H groups in total. The lowest BCUT2D eigenvalue weighted by Gasteiger charge is -2.19. The summed E-state index contributed by atoms with van der Waals surface area (Å²) in [6.45, 7) is 0.235. The standard InChI is InChI=1S/C23H18ClF2N3O3S/c24-14-5-3-7-16(26)19(14)22(32)29-23-28-17-10-13(11-18(30)20(17)33-23)21(31)27-9-8-12-4-1-2-6-15(12)25/h1-7,13H,8-11H2,(H,27,31)(H,28,29,32)/t13-/m1/s1. The maximum atomic E-state index is 14.0. The van der Waals surface area contributed by atoms with E-state index in [-0.39, 0.29) is 52.6 Å². The third-order valence-corrected chi connectivity index (χ3v) is 6.62. The number of nitrogens with zero attached hydrogens (tertiary/aromatic N) is 1. The molecular formula is C23H18ClF2N3O3S. The first-order valence-electron chi connectivity index (χ1n) is 10.1. The van der Waals surface area contributed by atoms with Crippen molar-refractivity contribution in [3.63, 3.8) is 0 Å². The summed E-state index contributed by atoms with van der Waals surface area (Å²) in [6.07, 6.45) is 0.558. The number of ketones is 1. The lowest BCUT2D eigenvalue weighted by Crippen LogP contribution is -2.36. The molecule has 0 aliphatic heterocycles. The SMILES string of the molecule is O=C1C[C@H](C(=O)NCCc2ccccc2F)Cc2nc(NC(=O)c3c(F)cccc3Cl)sc21. The molecule has 0 unspecified atom stereocenters. The molecule has 1 aliphatic carbocycles. The molecule has 2 amide bonds. The molecule has 0 fully saturated rings. The molecule has 1 atom stereocenters. The van der Waals surface area contributed by atoms with Crippen molar-refractivity contribution in [2.75, 3.05) is 11.9 Å². The van der Waals surface area contributed by atoms with Gasteiger partial charge in [0.05, 0.1) is 27.1 Å². The molecule has 3 aromatic rings. The number of nitrogens with one attached hydrogen (secondary N) is 2. The molecular weight excluding hydrogens is 472 g/mol. The van der Waals surface area contributed by atoms with Gasteiger partial charge in [-0.3, -0.25) is 19.7 Å². The molecule has 0 radical (unpaired) electrons. The van der Waals surface area contributed by atoms with E-state index in [0.29, 0.717) is 22.6 Å². The lowest BCUT2D eigenvalue weighted by atomic mass is 9.89. The molecule has 33 heavy (non-hydrogen) atoms. The maximum absolute atomic E-state index is 14.0. The number of hydrogen-bond donors (Lipinski definition) is 2. The highest BCUT2D eigenvalue weighted by Gasteiger charge is 2.33. The van der Waals surface area contributed by atoms with Crippen LogP contribution < -0.4 is 10.6 Å². The predicted molar refractivity (Wildman–Crippen MR) is 121 cm³/mol. The molecule has 1 aliphatic rings. The van der Waals surface area contributed by atoms with Crippen LogP contribution in [0.25, 0.3) is 0 Å². The Hall–Kier alpha value is -3.17. The Balaban J connectivity index is 1.39. The first-order valence-corrected chi connectivity index (χ1v) is 11.3. The van der Waals surface area contributed by atoms with Gasteiger partial charge in [-0.15, -0.1) is 0 Å². The highest BCUT2D eigenvalue weighted by molar-refractivity contribution is 7.17. The van der Waals surface area contributed by atoms with E-state index in [1.807, 2.05) is 0 Å². The first kappa shape index (κ1) is 23.0. The van der Waals surface area contributed by atoms with Crippen LogP contribution in [0, 0.1) is 17.6 Å². The van der Waals surface area contributed by atoms with Crippen molar-refractivity contribution in [3.05, 3.63) is 80.8 Å². The van der Waals surface area contributed by atoms with Gasteiger partial charge in [0, 0.05) is 19.4 Å². The number of amides is 2. The van der Waals surface area contributed by atoms with Gasteiger partial charge in [0.25, 0.3) is 5.91 Å². The van der Waals surface area contributed by atoms with E-state index in [0.717, 1.165) is 17.4 Å². The Kier molecular flexibility index (Phi) is 6.80. The van der Waals surface area contributed by atoms with Gasteiger partial charge in [0.1, 0.15) is 11.6 Å². The minimum Gasteiger partial charge on any atom is -0.356 e. The summed E-state index contributed by atoms with van der Waals surface area (Å²) in [5.74, 6) is -3.08. The molecule has 0 bridgehead atoms. The summed E-state index contributed by atoms with van der Waals surface area (Å²) in [4.78, 5) is 42.2. The van der Waals surface area contributed by atoms with Crippen LogP contribution in [0.15, 0.2) is 42.5 Å². The second kappa shape index (κ2) is 9.76. The fraction of sp³-hybridized carbons (Fsp3) is 0.217. The summed E-state index contributed by atoms with van der Waals surface area (Å²) in [7, 11) is 0. The summed E-state index contributed by atoms with van der Waals surface area (Å²) < 4.78 is 27.7. The second-order valence-corrected chi connectivity index (χ2v) is 8.91. The fourth-order valence-electron chi connectivity index (χ4n) is 3.61. The Morgan fingerprint density at radius 2 is 1.85 bits per heavy atom. The lowest BCUT2D eigenvalue weighted by molar-refractivity contribution is -0.125. The number of carbonyl (C=O) groups excluding carboxylic acids is 3. The quantitative estimate of drug-likeness (QED) is 0.536. The zero-order valence-corrected chi connectivity index (χ0v) is 18.7. The molecule has 6 nitrogen and oxygen atoms in total. The van der Waals surface area contributed by atoms with Gasteiger partial charge >= 0.3 is 0 Å². The largest absolute Gasteiger partial charge is 0.356 e. The third-order valence-electron chi connectivity index (χ3n) is 5.25. The van der Waals surface area contributed by atoms with Crippen LogP contribution in [0.5, 0.6) is 0 Å². The van der Waals surface area contributed by atoms with E-state index >= 15 is 0 Å². The summed E-state index contributed by atoms with van der Waals surface area (Å²) >= 11 is 6.90. The highest BCUT2D eigenvalue weighted by atomic mass is 35.5. The van der Waals surface area contributed by atoms with Gasteiger partial charge in [-0.05, 0) is 30.2 Å². The molecule has 0 saturated carbocycles. The molecule has 1 aromatic heterocycles. The van der Waals surface area contributed by atoms with Gasteiger partial charge in [-0.25, -0.2) is 13.8 Å². The minimum absolute atomic E-state index is 0.00720. The van der Waals surface area contributed by atoms with Gasteiger partial charge in [-0.1, -0.05) is 47.2 Å². The number of carbonyl (C=O) groups is 3. The summed E-state index contributed by atoms with van der Waals surface area (Å²) in [5.41, 5.74) is 0.584. The molecule has 10 heteroatoms. The number of Topliss-reactive ketones (excluding diaryl/α,β-unsaturated/α-hetero) is 1. The first-order chi connectivity index (χ1) is 15.8. The minimum atomic E-state index is -0.779. The normalized spacial score (nSPS) is 15.1. The topological polar surface area (TPSA) is 88.2 Å². The van der Waals surface area contributed by atoms with Crippen LogP contribution >= 0.6 is 22.9 Å². The average Bonchev–Trinajstić information content (AvgIpc) is 3.18. The van der Waals surface area contributed by atoms with E-state index in [2.05, 4.69) is 15.6 Å². The van der Waals surface area contributed by atoms with E-state index in [1.54, 1.807) is 18.2 Å². The van der Waals surface area contributed by atoms with Crippen LogP contribution in [-0.2, 0) is 17.6 Å². The van der Waals surface area contributed by atoms with Gasteiger partial charge < -0.3 is 5.32 Å². The average molecular weight is 490 g/mol. The molecule has 2 aromatic carbocycles. The zero-order valence-electron chi connectivity index (χ0n) is 17.2. The number of hydrogen-bond acceptors (Lipinski definition) is 5. The van der Waals surface area contributed by atoms with E-state index < -0.39 is 17.6 Å². The van der Waals surface area contributed by atoms with Crippen molar-refractivity contribution in [1.82, 2.24) is 10.3 Å². The van der Waals surface area contributed by atoms with Crippen molar-refractivity contribution in [3.8, 4) is 0 Å². The van der Waals surface area contributed by atoms with Crippen LogP contribution in [0.2, 0.25) is 5.02 Å². The molecule has 0 saturated heterocycles. The molecule has 0 spiro atoms. The summed E-state index contributed by atoms with van der Waals surface area (Å²) in [6, 6.07) is 10.2. The smallest absolute Gasteiger partial charge is 0.261 e. The third kappa shape index (κ3) is 5.09. The Labute approximate surface area is 197 Å². The molecule has 4 rings (SSSR count). The number of anilines is 1.